The molecule has 0 bridgehead atoms. The van der Waals surface area contributed by atoms with Crippen LogP contribution in [-0.2, 0) is 16.0 Å². The fourth-order valence-electron chi connectivity index (χ4n) is 2.09. The van der Waals surface area contributed by atoms with Crippen molar-refractivity contribution in [1.82, 2.24) is 5.32 Å². The highest BCUT2D eigenvalue weighted by Crippen LogP contribution is 2.18. The lowest BCUT2D eigenvalue weighted by Gasteiger charge is -2.15. The number of carboxylic acid groups (broad SMARTS) is 1. The zero-order valence-corrected chi connectivity index (χ0v) is 12.8. The van der Waals surface area contributed by atoms with Crippen LogP contribution in [0.1, 0.15) is 30.5 Å². The summed E-state index contributed by atoms with van der Waals surface area (Å²) in [6.45, 7) is 1.52. The molecule has 1 unspecified atom stereocenters. The Morgan fingerprint density at radius 3 is 2.61 bits per heavy atom. The summed E-state index contributed by atoms with van der Waals surface area (Å²) in [5.74, 6) is -0.577. The summed E-state index contributed by atoms with van der Waals surface area (Å²) in [5, 5.41) is 11.5. The molecule has 1 heterocycles. The molecule has 6 nitrogen and oxygen atoms in total. The van der Waals surface area contributed by atoms with Crippen LogP contribution in [0.5, 0.6) is 5.75 Å². The Morgan fingerprint density at radius 2 is 2.00 bits per heavy atom. The molecular formula is C17H19NO5. The van der Waals surface area contributed by atoms with Gasteiger partial charge >= 0.3 is 5.97 Å². The number of hydrogen-bond acceptors (Lipinski definition) is 4. The number of amides is 1. The molecule has 6 heteroatoms. The molecule has 2 N–H and O–H groups in total. The first kappa shape index (κ1) is 16.6. The van der Waals surface area contributed by atoms with Gasteiger partial charge in [0.1, 0.15) is 5.75 Å². The number of hydrogen-bond donors (Lipinski definition) is 2. The van der Waals surface area contributed by atoms with Crippen LogP contribution < -0.4 is 10.1 Å². The van der Waals surface area contributed by atoms with E-state index in [0.717, 1.165) is 11.1 Å². The Morgan fingerprint density at radius 1 is 1.26 bits per heavy atom. The number of benzene rings is 1. The third kappa shape index (κ3) is 5.50. The summed E-state index contributed by atoms with van der Waals surface area (Å²) in [5.41, 5.74) is 1.91. The van der Waals surface area contributed by atoms with Gasteiger partial charge in [0.2, 0.25) is 5.91 Å². The first-order chi connectivity index (χ1) is 11.0. The van der Waals surface area contributed by atoms with E-state index in [2.05, 4.69) is 5.32 Å². The number of aliphatic carboxylic acids is 1. The van der Waals surface area contributed by atoms with Crippen LogP contribution >= 0.6 is 0 Å². The molecule has 1 aromatic heterocycles. The number of nitrogens with one attached hydrogen (secondary N) is 1. The van der Waals surface area contributed by atoms with Crippen molar-refractivity contribution in [2.24, 2.45) is 0 Å². The van der Waals surface area contributed by atoms with Gasteiger partial charge in [0.15, 0.2) is 6.61 Å². The molecule has 0 aliphatic heterocycles. The summed E-state index contributed by atoms with van der Waals surface area (Å²) in [4.78, 5) is 22.4. The quantitative estimate of drug-likeness (QED) is 0.781. The third-order valence-electron chi connectivity index (χ3n) is 3.34. The second kappa shape index (κ2) is 8.03. The van der Waals surface area contributed by atoms with Gasteiger partial charge in [-0.2, -0.15) is 0 Å². The molecule has 1 amide bonds. The van der Waals surface area contributed by atoms with Gasteiger partial charge in [-0.05, 0) is 42.7 Å². The second-order valence-corrected chi connectivity index (χ2v) is 5.17. The molecule has 1 aromatic carbocycles. The predicted octanol–water partition coefficient (Wildman–Crippen LogP) is 2.55. The number of rotatable bonds is 8. The van der Waals surface area contributed by atoms with Crippen molar-refractivity contribution in [1.29, 1.82) is 0 Å². The lowest BCUT2D eigenvalue weighted by Crippen LogP contribution is -2.26. The van der Waals surface area contributed by atoms with Crippen molar-refractivity contribution in [2.45, 2.75) is 25.8 Å². The summed E-state index contributed by atoms with van der Waals surface area (Å²) >= 11 is 0. The molecule has 0 aliphatic carbocycles. The van der Waals surface area contributed by atoms with E-state index in [1.54, 1.807) is 36.8 Å². The largest absolute Gasteiger partial charge is 0.482 e. The summed E-state index contributed by atoms with van der Waals surface area (Å²) < 4.78 is 10.0. The van der Waals surface area contributed by atoms with E-state index in [9.17, 15) is 9.59 Å². The molecule has 0 saturated carbocycles. The molecule has 0 saturated heterocycles. The number of aryl methyl sites for hydroxylation is 1. The van der Waals surface area contributed by atoms with Crippen molar-refractivity contribution in [3.8, 4) is 5.75 Å². The fraction of sp³-hybridized carbons (Fsp3) is 0.294. The number of ether oxygens (including phenoxy) is 1. The van der Waals surface area contributed by atoms with Gasteiger partial charge in [0, 0.05) is 6.42 Å². The summed E-state index contributed by atoms with van der Waals surface area (Å²) in [6.07, 6.45) is 4.25. The van der Waals surface area contributed by atoms with Crippen molar-refractivity contribution in [3.63, 3.8) is 0 Å². The van der Waals surface area contributed by atoms with Crippen LogP contribution in [0.2, 0.25) is 0 Å². The first-order valence-corrected chi connectivity index (χ1v) is 7.29. The zero-order chi connectivity index (χ0) is 16.7. The Kier molecular flexibility index (Phi) is 5.80. The Bertz CT molecular complexity index is 634. The molecule has 0 aliphatic rings. The number of carbonyl (C=O) groups is 2. The van der Waals surface area contributed by atoms with Gasteiger partial charge in [0.05, 0.1) is 18.6 Å². The molecule has 1 atom stereocenters. The Labute approximate surface area is 134 Å². The highest BCUT2D eigenvalue weighted by Gasteiger charge is 2.10. The summed E-state index contributed by atoms with van der Waals surface area (Å²) in [6, 6.07) is 8.68. The normalized spacial score (nSPS) is 11.7. The predicted molar refractivity (Wildman–Crippen MR) is 83.2 cm³/mol. The molecule has 2 rings (SSSR count). The van der Waals surface area contributed by atoms with Crippen molar-refractivity contribution in [2.75, 3.05) is 6.61 Å². The van der Waals surface area contributed by atoms with Crippen LogP contribution in [0.4, 0.5) is 0 Å². The first-order valence-electron chi connectivity index (χ1n) is 7.29. The molecule has 23 heavy (non-hydrogen) atoms. The summed E-state index contributed by atoms with van der Waals surface area (Å²) in [7, 11) is 0. The van der Waals surface area contributed by atoms with Crippen LogP contribution in [0.25, 0.3) is 0 Å². The molecular weight excluding hydrogens is 298 g/mol. The van der Waals surface area contributed by atoms with Crippen molar-refractivity contribution in [3.05, 3.63) is 54.0 Å². The maximum absolute atomic E-state index is 11.9. The van der Waals surface area contributed by atoms with Gasteiger partial charge in [-0.25, -0.2) is 4.79 Å². The van der Waals surface area contributed by atoms with Gasteiger partial charge < -0.3 is 19.6 Å². The van der Waals surface area contributed by atoms with E-state index in [4.69, 9.17) is 14.3 Å². The molecule has 122 valence electrons. The van der Waals surface area contributed by atoms with Crippen LogP contribution in [0.15, 0.2) is 47.3 Å². The van der Waals surface area contributed by atoms with E-state index in [1.165, 1.54) is 0 Å². The SMILES string of the molecule is CC(NC(=O)CCc1ccoc1)c1ccc(OCC(=O)O)cc1. The van der Waals surface area contributed by atoms with E-state index >= 15 is 0 Å². The lowest BCUT2D eigenvalue weighted by atomic mass is 10.1. The van der Waals surface area contributed by atoms with E-state index < -0.39 is 5.97 Å². The maximum atomic E-state index is 11.9. The van der Waals surface area contributed by atoms with Gasteiger partial charge in [-0.3, -0.25) is 4.79 Å². The molecule has 0 spiro atoms. The molecule has 0 radical (unpaired) electrons. The Balaban J connectivity index is 1.81. The topological polar surface area (TPSA) is 88.8 Å². The standard InChI is InChI=1S/C17H19NO5/c1-12(18-16(19)7-2-13-8-9-22-10-13)14-3-5-15(6-4-14)23-11-17(20)21/h3-6,8-10,12H,2,7,11H2,1H3,(H,18,19)(H,20,21). The average Bonchev–Trinajstić information content (AvgIpc) is 3.05. The van der Waals surface area contributed by atoms with E-state index in [-0.39, 0.29) is 18.6 Å². The van der Waals surface area contributed by atoms with Crippen molar-refractivity contribution < 1.29 is 23.8 Å². The minimum Gasteiger partial charge on any atom is -0.482 e. The van der Waals surface area contributed by atoms with Gasteiger partial charge in [-0.15, -0.1) is 0 Å². The van der Waals surface area contributed by atoms with E-state index in [1.807, 2.05) is 13.0 Å². The van der Waals surface area contributed by atoms with Gasteiger partial charge in [-0.1, -0.05) is 12.1 Å². The smallest absolute Gasteiger partial charge is 0.341 e. The highest BCUT2D eigenvalue weighted by atomic mass is 16.5. The average molecular weight is 317 g/mol. The van der Waals surface area contributed by atoms with Crippen LogP contribution in [0.3, 0.4) is 0 Å². The number of carbonyl (C=O) groups excluding carboxylic acids is 1. The molecule has 2 aromatic rings. The maximum Gasteiger partial charge on any atom is 0.341 e. The number of carboxylic acids is 1. The monoisotopic (exact) mass is 317 g/mol. The third-order valence-corrected chi connectivity index (χ3v) is 3.34. The molecule has 0 fully saturated rings. The lowest BCUT2D eigenvalue weighted by molar-refractivity contribution is -0.139. The minimum absolute atomic E-state index is 0.0371. The number of furan rings is 1. The van der Waals surface area contributed by atoms with Gasteiger partial charge in [0.25, 0.3) is 0 Å². The zero-order valence-electron chi connectivity index (χ0n) is 12.8. The second-order valence-electron chi connectivity index (χ2n) is 5.17. The van der Waals surface area contributed by atoms with Crippen LogP contribution in [0, 0.1) is 0 Å². The fourth-order valence-corrected chi connectivity index (χ4v) is 2.09. The van der Waals surface area contributed by atoms with Crippen LogP contribution in [-0.4, -0.2) is 23.6 Å². The highest BCUT2D eigenvalue weighted by molar-refractivity contribution is 5.76. The van der Waals surface area contributed by atoms with E-state index in [0.29, 0.717) is 18.6 Å². The minimum atomic E-state index is -1.02. The van der Waals surface area contributed by atoms with Crippen molar-refractivity contribution >= 4 is 11.9 Å². The Hall–Kier alpha value is -2.76.